The number of aryl methyl sites for hydroxylation is 1. The van der Waals surface area contributed by atoms with Crippen molar-refractivity contribution in [1.82, 2.24) is 4.90 Å². The third kappa shape index (κ3) is 6.63. The van der Waals surface area contributed by atoms with Crippen molar-refractivity contribution in [3.05, 3.63) is 65.5 Å². The minimum absolute atomic E-state index is 0.0641. The number of carbonyl (C=O) groups excluding carboxylic acids is 2. The molecule has 0 heterocycles. The van der Waals surface area contributed by atoms with E-state index >= 15 is 0 Å². The van der Waals surface area contributed by atoms with Gasteiger partial charge in [0, 0.05) is 17.5 Å². The highest BCUT2D eigenvalue weighted by Crippen LogP contribution is 2.20. The van der Waals surface area contributed by atoms with Crippen molar-refractivity contribution in [2.75, 3.05) is 30.3 Å². The van der Waals surface area contributed by atoms with E-state index in [0.717, 1.165) is 29.9 Å². The standard InChI is InChI=1S/C22H26FN3O2/c1-4-26(5-2)15-22(28)25-20-12-11-19(14-16(20)3)24-21(27)13-8-17-6-9-18(23)10-7-17/h6-14H,4-5,15H2,1-3H3,(H,24,27)(H,25,28)/b13-8+. The highest BCUT2D eigenvalue weighted by Gasteiger charge is 2.09. The summed E-state index contributed by atoms with van der Waals surface area (Å²) in [5.41, 5.74) is 2.94. The van der Waals surface area contributed by atoms with Gasteiger partial charge in [-0.05, 0) is 67.5 Å². The lowest BCUT2D eigenvalue weighted by molar-refractivity contribution is -0.117. The molecule has 0 spiro atoms. The Hall–Kier alpha value is -2.99. The van der Waals surface area contributed by atoms with Crippen LogP contribution >= 0.6 is 0 Å². The third-order valence-corrected chi connectivity index (χ3v) is 4.33. The zero-order chi connectivity index (χ0) is 20.5. The number of nitrogens with zero attached hydrogens (tertiary/aromatic N) is 1. The van der Waals surface area contributed by atoms with Crippen LogP contribution in [-0.2, 0) is 9.59 Å². The van der Waals surface area contributed by atoms with E-state index in [1.165, 1.54) is 18.2 Å². The van der Waals surface area contributed by atoms with Gasteiger partial charge in [0.2, 0.25) is 11.8 Å². The summed E-state index contributed by atoms with van der Waals surface area (Å²) >= 11 is 0. The second kappa shape index (κ2) is 10.4. The van der Waals surface area contributed by atoms with Gasteiger partial charge in [0.1, 0.15) is 5.82 Å². The van der Waals surface area contributed by atoms with Crippen molar-refractivity contribution in [2.24, 2.45) is 0 Å². The van der Waals surface area contributed by atoms with Crippen LogP contribution in [0.5, 0.6) is 0 Å². The van der Waals surface area contributed by atoms with Crippen molar-refractivity contribution in [1.29, 1.82) is 0 Å². The maximum absolute atomic E-state index is 12.9. The molecule has 0 fully saturated rings. The first-order chi connectivity index (χ1) is 13.4. The number of likely N-dealkylation sites (N-methyl/N-ethyl adjacent to an activating group) is 1. The summed E-state index contributed by atoms with van der Waals surface area (Å²) in [6.07, 6.45) is 3.01. The molecule has 6 heteroatoms. The number of hydrogen-bond donors (Lipinski definition) is 2. The zero-order valence-electron chi connectivity index (χ0n) is 16.5. The molecular weight excluding hydrogens is 357 g/mol. The highest BCUT2D eigenvalue weighted by atomic mass is 19.1. The van der Waals surface area contributed by atoms with E-state index in [0.29, 0.717) is 12.2 Å². The molecule has 0 aliphatic carbocycles. The summed E-state index contributed by atoms with van der Waals surface area (Å²) in [5.74, 6) is -0.672. The summed E-state index contributed by atoms with van der Waals surface area (Å²) in [7, 11) is 0. The minimum atomic E-state index is -0.318. The topological polar surface area (TPSA) is 61.4 Å². The van der Waals surface area contributed by atoms with Crippen LogP contribution in [0.3, 0.4) is 0 Å². The molecule has 2 amide bonds. The number of benzene rings is 2. The van der Waals surface area contributed by atoms with Crippen LogP contribution < -0.4 is 10.6 Å². The molecule has 2 aromatic rings. The van der Waals surface area contributed by atoms with Crippen LogP contribution in [0.15, 0.2) is 48.5 Å². The molecule has 2 aromatic carbocycles. The SMILES string of the molecule is CCN(CC)CC(=O)Nc1ccc(NC(=O)/C=C/c2ccc(F)cc2)cc1C. The van der Waals surface area contributed by atoms with Crippen LogP contribution in [0.25, 0.3) is 6.08 Å². The fourth-order valence-electron chi connectivity index (χ4n) is 2.65. The van der Waals surface area contributed by atoms with Gasteiger partial charge in [0.15, 0.2) is 0 Å². The van der Waals surface area contributed by atoms with Crippen LogP contribution in [0, 0.1) is 12.7 Å². The summed E-state index contributed by atoms with van der Waals surface area (Å²) in [5, 5.41) is 5.68. The molecule has 0 unspecified atom stereocenters. The Morgan fingerprint density at radius 1 is 1.04 bits per heavy atom. The van der Waals surface area contributed by atoms with E-state index in [9.17, 15) is 14.0 Å². The van der Waals surface area contributed by atoms with Gasteiger partial charge in [-0.3, -0.25) is 14.5 Å². The molecule has 2 N–H and O–H groups in total. The summed E-state index contributed by atoms with van der Waals surface area (Å²) < 4.78 is 12.9. The Balaban J connectivity index is 1.94. The van der Waals surface area contributed by atoms with Crippen LogP contribution in [0.1, 0.15) is 25.0 Å². The average Bonchev–Trinajstić information content (AvgIpc) is 2.68. The summed E-state index contributed by atoms with van der Waals surface area (Å²) in [4.78, 5) is 26.2. The third-order valence-electron chi connectivity index (χ3n) is 4.33. The molecule has 0 saturated carbocycles. The zero-order valence-corrected chi connectivity index (χ0v) is 16.5. The predicted octanol–water partition coefficient (Wildman–Crippen LogP) is 4.07. The first kappa shape index (κ1) is 21.3. The normalized spacial score (nSPS) is 11.0. The quantitative estimate of drug-likeness (QED) is 0.676. The van der Waals surface area contributed by atoms with E-state index in [1.54, 1.807) is 36.4 Å². The second-order valence-corrected chi connectivity index (χ2v) is 6.41. The van der Waals surface area contributed by atoms with Crippen molar-refractivity contribution in [3.8, 4) is 0 Å². The van der Waals surface area contributed by atoms with E-state index < -0.39 is 0 Å². The average molecular weight is 383 g/mol. The Bertz CT molecular complexity index is 843. The lowest BCUT2D eigenvalue weighted by Crippen LogP contribution is -2.33. The molecular formula is C22H26FN3O2. The number of nitrogens with one attached hydrogen (secondary N) is 2. The van der Waals surface area contributed by atoms with E-state index in [1.807, 2.05) is 25.7 Å². The molecule has 148 valence electrons. The number of anilines is 2. The van der Waals surface area contributed by atoms with Gasteiger partial charge in [-0.25, -0.2) is 4.39 Å². The van der Waals surface area contributed by atoms with Gasteiger partial charge in [-0.2, -0.15) is 0 Å². The number of rotatable bonds is 8. The van der Waals surface area contributed by atoms with E-state index in [2.05, 4.69) is 10.6 Å². The van der Waals surface area contributed by atoms with Crippen LogP contribution in [-0.4, -0.2) is 36.3 Å². The van der Waals surface area contributed by atoms with Gasteiger partial charge in [0.05, 0.1) is 6.54 Å². The maximum Gasteiger partial charge on any atom is 0.248 e. The van der Waals surface area contributed by atoms with Gasteiger partial charge >= 0.3 is 0 Å². The fraction of sp³-hybridized carbons (Fsp3) is 0.273. The van der Waals surface area contributed by atoms with Gasteiger partial charge in [-0.15, -0.1) is 0 Å². The molecule has 0 aromatic heterocycles. The minimum Gasteiger partial charge on any atom is -0.325 e. The monoisotopic (exact) mass is 383 g/mol. The van der Waals surface area contributed by atoms with Crippen molar-refractivity contribution in [3.63, 3.8) is 0 Å². The molecule has 2 rings (SSSR count). The van der Waals surface area contributed by atoms with E-state index in [4.69, 9.17) is 0 Å². The molecule has 0 aliphatic heterocycles. The Labute approximate surface area is 165 Å². The Kier molecular flexibility index (Phi) is 7.89. The maximum atomic E-state index is 12.9. The second-order valence-electron chi connectivity index (χ2n) is 6.41. The molecule has 0 atom stereocenters. The molecule has 0 radical (unpaired) electrons. The van der Waals surface area contributed by atoms with Gasteiger partial charge in [0.25, 0.3) is 0 Å². The molecule has 0 aliphatic rings. The van der Waals surface area contributed by atoms with Crippen molar-refractivity contribution < 1.29 is 14.0 Å². The molecule has 0 saturated heterocycles. The number of hydrogen-bond acceptors (Lipinski definition) is 3. The number of carbonyl (C=O) groups is 2. The fourth-order valence-corrected chi connectivity index (χ4v) is 2.65. The summed E-state index contributed by atoms with van der Waals surface area (Å²) in [6.45, 7) is 7.89. The van der Waals surface area contributed by atoms with E-state index in [-0.39, 0.29) is 17.6 Å². The first-order valence-corrected chi connectivity index (χ1v) is 9.28. The molecule has 0 bridgehead atoms. The largest absolute Gasteiger partial charge is 0.325 e. The van der Waals surface area contributed by atoms with Crippen molar-refractivity contribution in [2.45, 2.75) is 20.8 Å². The van der Waals surface area contributed by atoms with Crippen molar-refractivity contribution >= 4 is 29.3 Å². The van der Waals surface area contributed by atoms with Crippen LogP contribution in [0.4, 0.5) is 15.8 Å². The number of amides is 2. The lowest BCUT2D eigenvalue weighted by Gasteiger charge is -2.18. The molecule has 28 heavy (non-hydrogen) atoms. The Morgan fingerprint density at radius 2 is 1.71 bits per heavy atom. The van der Waals surface area contributed by atoms with Gasteiger partial charge in [-0.1, -0.05) is 26.0 Å². The Morgan fingerprint density at radius 3 is 2.32 bits per heavy atom. The van der Waals surface area contributed by atoms with Crippen LogP contribution in [0.2, 0.25) is 0 Å². The summed E-state index contributed by atoms with van der Waals surface area (Å²) in [6, 6.07) is 11.2. The predicted molar refractivity (Wildman–Crippen MR) is 112 cm³/mol. The van der Waals surface area contributed by atoms with Gasteiger partial charge < -0.3 is 10.6 Å². The highest BCUT2D eigenvalue weighted by molar-refractivity contribution is 6.02. The smallest absolute Gasteiger partial charge is 0.248 e. The first-order valence-electron chi connectivity index (χ1n) is 9.28. The number of halogens is 1. The lowest BCUT2D eigenvalue weighted by atomic mass is 10.1. The molecule has 5 nitrogen and oxygen atoms in total.